The number of anilines is 1. The molecule has 0 fully saturated rings. The highest BCUT2D eigenvalue weighted by molar-refractivity contribution is 9.11. The van der Waals surface area contributed by atoms with Crippen LogP contribution in [0, 0.1) is 0 Å². The van der Waals surface area contributed by atoms with Gasteiger partial charge in [0.25, 0.3) is 0 Å². The first-order valence-electron chi connectivity index (χ1n) is 5.55. The number of aromatic nitrogens is 1. The van der Waals surface area contributed by atoms with Gasteiger partial charge in [0.1, 0.15) is 5.69 Å². The highest BCUT2D eigenvalue weighted by Gasteiger charge is 2.08. The van der Waals surface area contributed by atoms with Crippen molar-refractivity contribution < 1.29 is 9.53 Å². The van der Waals surface area contributed by atoms with Gasteiger partial charge < -0.3 is 15.0 Å². The van der Waals surface area contributed by atoms with Gasteiger partial charge in [-0.15, -0.1) is 0 Å². The minimum atomic E-state index is -0.366. The zero-order valence-corrected chi connectivity index (χ0v) is 13.3. The zero-order chi connectivity index (χ0) is 13.8. The summed E-state index contributed by atoms with van der Waals surface area (Å²) in [6.45, 7) is 0.589. The van der Waals surface area contributed by atoms with Crippen molar-refractivity contribution in [3.05, 3.63) is 50.7 Å². The number of carbonyl (C=O) groups excluding carboxylic acids is 1. The first kappa shape index (κ1) is 14.1. The van der Waals surface area contributed by atoms with E-state index >= 15 is 0 Å². The van der Waals surface area contributed by atoms with Gasteiger partial charge in [0.15, 0.2) is 0 Å². The second-order valence-electron chi connectivity index (χ2n) is 3.87. The molecule has 0 aliphatic carbocycles. The Hall–Kier alpha value is -1.27. The van der Waals surface area contributed by atoms with Crippen LogP contribution in [0.3, 0.4) is 0 Å². The summed E-state index contributed by atoms with van der Waals surface area (Å²) in [6, 6.07) is 9.46. The molecule has 6 heteroatoms. The standard InChI is InChI=1S/C13H12Br2N2O2/c1-19-13(18)11-5-3-9(17-11)7-16-12-6-8(14)2-4-10(12)15/h2-6,16-17H,7H2,1H3. The maximum Gasteiger partial charge on any atom is 0.354 e. The molecule has 100 valence electrons. The Morgan fingerprint density at radius 2 is 2.11 bits per heavy atom. The highest BCUT2D eigenvalue weighted by Crippen LogP contribution is 2.26. The molecule has 0 unspecified atom stereocenters. The summed E-state index contributed by atoms with van der Waals surface area (Å²) in [7, 11) is 1.36. The summed E-state index contributed by atoms with van der Waals surface area (Å²) in [4.78, 5) is 14.3. The lowest BCUT2D eigenvalue weighted by atomic mass is 10.3. The molecular formula is C13H12Br2N2O2. The molecular weight excluding hydrogens is 376 g/mol. The largest absolute Gasteiger partial charge is 0.464 e. The summed E-state index contributed by atoms with van der Waals surface area (Å²) in [5.74, 6) is -0.366. The summed E-state index contributed by atoms with van der Waals surface area (Å²) >= 11 is 6.90. The number of H-pyrrole nitrogens is 1. The molecule has 0 radical (unpaired) electrons. The van der Waals surface area contributed by atoms with Crippen molar-refractivity contribution in [2.45, 2.75) is 6.54 Å². The van der Waals surface area contributed by atoms with Crippen molar-refractivity contribution in [3.63, 3.8) is 0 Å². The van der Waals surface area contributed by atoms with E-state index in [9.17, 15) is 4.79 Å². The van der Waals surface area contributed by atoms with Gasteiger partial charge in [-0.3, -0.25) is 0 Å². The maximum atomic E-state index is 11.3. The normalized spacial score (nSPS) is 10.3. The molecule has 0 aliphatic heterocycles. The van der Waals surface area contributed by atoms with Crippen LogP contribution >= 0.6 is 31.9 Å². The number of esters is 1. The molecule has 0 bridgehead atoms. The van der Waals surface area contributed by atoms with E-state index < -0.39 is 0 Å². The first-order valence-corrected chi connectivity index (χ1v) is 7.14. The minimum absolute atomic E-state index is 0.366. The molecule has 19 heavy (non-hydrogen) atoms. The topological polar surface area (TPSA) is 54.1 Å². The van der Waals surface area contributed by atoms with Crippen LogP contribution in [-0.4, -0.2) is 18.1 Å². The van der Waals surface area contributed by atoms with Crippen molar-refractivity contribution in [2.75, 3.05) is 12.4 Å². The number of hydrogen-bond acceptors (Lipinski definition) is 3. The smallest absolute Gasteiger partial charge is 0.354 e. The average Bonchev–Trinajstić information content (AvgIpc) is 2.88. The molecule has 4 nitrogen and oxygen atoms in total. The van der Waals surface area contributed by atoms with Gasteiger partial charge in [0, 0.05) is 20.3 Å². The van der Waals surface area contributed by atoms with Crippen molar-refractivity contribution in [2.24, 2.45) is 0 Å². The third kappa shape index (κ3) is 3.61. The van der Waals surface area contributed by atoms with E-state index in [0.29, 0.717) is 12.2 Å². The van der Waals surface area contributed by atoms with E-state index in [1.54, 1.807) is 6.07 Å². The lowest BCUT2D eigenvalue weighted by Crippen LogP contribution is -2.04. The van der Waals surface area contributed by atoms with Gasteiger partial charge in [-0.05, 0) is 46.3 Å². The number of rotatable bonds is 4. The van der Waals surface area contributed by atoms with Crippen molar-refractivity contribution >= 4 is 43.5 Å². The fraction of sp³-hybridized carbons (Fsp3) is 0.154. The van der Waals surface area contributed by atoms with Crippen molar-refractivity contribution in [1.82, 2.24) is 4.98 Å². The van der Waals surface area contributed by atoms with Crippen molar-refractivity contribution in [1.29, 1.82) is 0 Å². The van der Waals surface area contributed by atoms with E-state index in [4.69, 9.17) is 0 Å². The number of aromatic amines is 1. The number of nitrogens with one attached hydrogen (secondary N) is 2. The Morgan fingerprint density at radius 3 is 2.84 bits per heavy atom. The number of hydrogen-bond donors (Lipinski definition) is 2. The van der Waals surface area contributed by atoms with Crippen LogP contribution in [-0.2, 0) is 11.3 Å². The molecule has 0 saturated carbocycles. The molecule has 0 aliphatic rings. The van der Waals surface area contributed by atoms with Gasteiger partial charge in [-0.25, -0.2) is 4.79 Å². The maximum absolute atomic E-state index is 11.3. The summed E-state index contributed by atoms with van der Waals surface area (Å²) in [5.41, 5.74) is 2.34. The SMILES string of the molecule is COC(=O)c1ccc(CNc2cc(Br)ccc2Br)[nH]1. The van der Waals surface area contributed by atoms with E-state index in [0.717, 1.165) is 20.3 Å². The van der Waals surface area contributed by atoms with Crippen LogP contribution in [0.2, 0.25) is 0 Å². The van der Waals surface area contributed by atoms with Gasteiger partial charge >= 0.3 is 5.97 Å². The zero-order valence-electron chi connectivity index (χ0n) is 10.2. The molecule has 2 aromatic rings. The van der Waals surface area contributed by atoms with Gasteiger partial charge in [-0.1, -0.05) is 15.9 Å². The summed E-state index contributed by atoms with van der Waals surface area (Å²) < 4.78 is 6.62. The highest BCUT2D eigenvalue weighted by atomic mass is 79.9. The quantitative estimate of drug-likeness (QED) is 0.781. The van der Waals surface area contributed by atoms with Crippen LogP contribution in [0.25, 0.3) is 0 Å². The predicted octanol–water partition coefficient (Wildman–Crippen LogP) is 3.94. The van der Waals surface area contributed by atoms with Crippen LogP contribution in [0.4, 0.5) is 5.69 Å². The number of halogens is 2. The molecule has 0 saturated heterocycles. The predicted molar refractivity (Wildman–Crippen MR) is 81.3 cm³/mol. The number of benzene rings is 1. The molecule has 1 heterocycles. The van der Waals surface area contributed by atoms with Crippen LogP contribution in [0.5, 0.6) is 0 Å². The summed E-state index contributed by atoms with van der Waals surface area (Å²) in [6.07, 6.45) is 0. The Kier molecular flexibility index (Phi) is 4.66. The Labute approximate surface area is 127 Å². The Morgan fingerprint density at radius 1 is 1.32 bits per heavy atom. The van der Waals surface area contributed by atoms with E-state index in [1.807, 2.05) is 24.3 Å². The van der Waals surface area contributed by atoms with Gasteiger partial charge in [-0.2, -0.15) is 0 Å². The monoisotopic (exact) mass is 386 g/mol. The number of ether oxygens (including phenoxy) is 1. The van der Waals surface area contributed by atoms with E-state index in [-0.39, 0.29) is 5.97 Å². The first-order chi connectivity index (χ1) is 9.10. The second kappa shape index (κ2) is 6.25. The van der Waals surface area contributed by atoms with Crippen molar-refractivity contribution in [3.8, 4) is 0 Å². The summed E-state index contributed by atoms with van der Waals surface area (Å²) in [5, 5.41) is 3.28. The lowest BCUT2D eigenvalue weighted by Gasteiger charge is -2.08. The number of methoxy groups -OCH3 is 1. The van der Waals surface area contributed by atoms with E-state index in [1.165, 1.54) is 7.11 Å². The molecule has 0 amide bonds. The fourth-order valence-electron chi connectivity index (χ4n) is 1.60. The average molecular weight is 388 g/mol. The lowest BCUT2D eigenvalue weighted by molar-refractivity contribution is 0.0594. The molecule has 0 spiro atoms. The van der Waals surface area contributed by atoms with Gasteiger partial charge in [0.05, 0.1) is 13.7 Å². The molecule has 1 aromatic heterocycles. The Bertz CT molecular complexity index is 596. The number of carbonyl (C=O) groups is 1. The molecule has 2 rings (SSSR count). The molecule has 1 aromatic carbocycles. The molecule has 0 atom stereocenters. The third-order valence-corrected chi connectivity index (χ3v) is 3.73. The third-order valence-electron chi connectivity index (χ3n) is 2.55. The Balaban J connectivity index is 2.04. The minimum Gasteiger partial charge on any atom is -0.464 e. The van der Waals surface area contributed by atoms with Crippen LogP contribution < -0.4 is 5.32 Å². The molecule has 2 N–H and O–H groups in total. The van der Waals surface area contributed by atoms with Crippen LogP contribution in [0.1, 0.15) is 16.2 Å². The van der Waals surface area contributed by atoms with Gasteiger partial charge in [0.2, 0.25) is 0 Å². The fourth-order valence-corrected chi connectivity index (χ4v) is 2.34. The van der Waals surface area contributed by atoms with E-state index in [2.05, 4.69) is 46.9 Å². The van der Waals surface area contributed by atoms with Crippen LogP contribution in [0.15, 0.2) is 39.3 Å². The second-order valence-corrected chi connectivity index (χ2v) is 5.64.